The van der Waals surface area contributed by atoms with Crippen molar-refractivity contribution in [1.82, 2.24) is 0 Å². The number of hydrogen-bond acceptors (Lipinski definition) is 5. The molecule has 10 heavy (non-hydrogen) atoms. The molecule has 0 spiro atoms. The molecule has 1 unspecified atom stereocenters. The predicted molar refractivity (Wildman–Crippen MR) is 38.3 cm³/mol. The van der Waals surface area contributed by atoms with Gasteiger partial charge in [0.1, 0.15) is 6.04 Å². The zero-order valence-corrected chi connectivity index (χ0v) is 6.04. The van der Waals surface area contributed by atoms with Crippen molar-refractivity contribution in [1.29, 1.82) is 0 Å². The smallest absolute Gasteiger partial charge is 0.322 e. The third kappa shape index (κ3) is 10.6. The molecular weight excluding hydrogens is 162 g/mol. The molecular formula is C3H12ClN3O3. The molecule has 0 radical (unpaired) electrons. The summed E-state index contributed by atoms with van der Waals surface area (Å²) in [5, 5.41) is 15.9. The van der Waals surface area contributed by atoms with Crippen LogP contribution in [0.2, 0.25) is 0 Å². The first-order valence-electron chi connectivity index (χ1n) is 2.11. The Kier molecular flexibility index (Phi) is 18.6. The van der Waals surface area contributed by atoms with Gasteiger partial charge in [-0.2, -0.15) is 0 Å². The molecule has 0 aliphatic heterocycles. The Morgan fingerprint density at radius 3 is 1.80 bits per heavy atom. The molecule has 0 heterocycles. The number of rotatable bonds is 2. The fraction of sp³-hybridized carbons (Fsp3) is 0.667. The lowest BCUT2D eigenvalue weighted by atomic mass is 10.3. The molecule has 64 valence electrons. The Labute approximate surface area is 64.4 Å². The van der Waals surface area contributed by atoms with E-state index in [0.29, 0.717) is 0 Å². The maximum absolute atomic E-state index is 9.65. The molecule has 0 aromatic carbocycles. The zero-order valence-electron chi connectivity index (χ0n) is 5.23. The molecule has 0 rings (SSSR count). The van der Waals surface area contributed by atoms with Crippen LogP contribution >= 0.6 is 12.4 Å². The molecule has 1 atom stereocenters. The van der Waals surface area contributed by atoms with Gasteiger partial charge in [0.05, 0.1) is 6.61 Å². The molecule has 7 heteroatoms. The number of carboxylic acids is 1. The van der Waals surface area contributed by atoms with Gasteiger partial charge in [-0.3, -0.25) is 16.5 Å². The first-order chi connectivity index (χ1) is 4.18. The Bertz CT molecular complexity index is 81.4. The van der Waals surface area contributed by atoms with Crippen LogP contribution in [-0.2, 0) is 4.79 Å². The maximum Gasteiger partial charge on any atom is 0.322 e. The quantitative estimate of drug-likeness (QED) is 0.234. The Balaban J connectivity index is -0.000000149. The molecule has 0 aliphatic carbocycles. The van der Waals surface area contributed by atoms with Crippen molar-refractivity contribution in [2.24, 2.45) is 17.4 Å². The van der Waals surface area contributed by atoms with Gasteiger partial charge in [-0.1, -0.05) is 0 Å². The van der Waals surface area contributed by atoms with Crippen LogP contribution in [-0.4, -0.2) is 28.8 Å². The lowest BCUT2D eigenvalue weighted by Gasteiger charge is -1.96. The number of aliphatic carboxylic acids is 1. The minimum atomic E-state index is -1.18. The van der Waals surface area contributed by atoms with Crippen LogP contribution in [0.4, 0.5) is 0 Å². The van der Waals surface area contributed by atoms with Crippen molar-refractivity contribution in [3.05, 3.63) is 0 Å². The monoisotopic (exact) mass is 173 g/mol. The van der Waals surface area contributed by atoms with Crippen molar-refractivity contribution >= 4 is 18.4 Å². The van der Waals surface area contributed by atoms with Gasteiger partial charge in [0, 0.05) is 0 Å². The summed E-state index contributed by atoms with van der Waals surface area (Å²) >= 11 is 0. The van der Waals surface area contributed by atoms with Crippen molar-refractivity contribution in [2.45, 2.75) is 6.04 Å². The van der Waals surface area contributed by atoms with E-state index in [1.165, 1.54) is 0 Å². The van der Waals surface area contributed by atoms with Gasteiger partial charge in [-0.25, -0.2) is 0 Å². The van der Waals surface area contributed by atoms with E-state index in [4.69, 9.17) is 15.9 Å². The van der Waals surface area contributed by atoms with Crippen LogP contribution in [0.1, 0.15) is 0 Å². The topological polar surface area (TPSA) is 136 Å². The molecule has 0 amide bonds. The Morgan fingerprint density at radius 2 is 1.80 bits per heavy atom. The molecule has 0 saturated carbocycles. The van der Waals surface area contributed by atoms with Gasteiger partial charge in [-0.15, -0.1) is 12.4 Å². The van der Waals surface area contributed by atoms with E-state index >= 15 is 0 Å². The normalized spacial score (nSPS) is 10.0. The van der Waals surface area contributed by atoms with Gasteiger partial charge in [0.25, 0.3) is 0 Å². The fourth-order valence-electron chi connectivity index (χ4n) is 0.0781. The first-order valence-corrected chi connectivity index (χ1v) is 2.11. The summed E-state index contributed by atoms with van der Waals surface area (Å²) in [4.78, 5) is 9.65. The summed E-state index contributed by atoms with van der Waals surface area (Å²) < 4.78 is 0. The SMILES string of the molecule is Cl.NC(CO)C(=O)O.NN. The molecule has 0 aromatic heterocycles. The second kappa shape index (κ2) is 11.4. The first kappa shape index (κ1) is 16.3. The van der Waals surface area contributed by atoms with Gasteiger partial charge >= 0.3 is 5.97 Å². The van der Waals surface area contributed by atoms with Crippen LogP contribution in [0, 0.1) is 0 Å². The standard InChI is InChI=1S/C3H7NO3.ClH.H4N2/c4-2(1-5)3(6)7;;1-2/h2,5H,1,4H2,(H,6,7);1H;1-2H2. The van der Waals surface area contributed by atoms with Gasteiger partial charge < -0.3 is 15.9 Å². The fourth-order valence-corrected chi connectivity index (χ4v) is 0.0781. The van der Waals surface area contributed by atoms with Crippen molar-refractivity contribution in [2.75, 3.05) is 6.61 Å². The number of aliphatic hydroxyl groups is 1. The maximum atomic E-state index is 9.65. The molecule has 0 bridgehead atoms. The van der Waals surface area contributed by atoms with E-state index in [0.717, 1.165) is 0 Å². The highest BCUT2D eigenvalue weighted by Crippen LogP contribution is 1.71. The second-order valence-electron chi connectivity index (χ2n) is 1.13. The predicted octanol–water partition coefficient (Wildman–Crippen LogP) is -2.37. The number of carboxylic acid groups (broad SMARTS) is 1. The minimum absolute atomic E-state index is 0. The van der Waals surface area contributed by atoms with Crippen molar-refractivity contribution in [3.63, 3.8) is 0 Å². The highest BCUT2D eigenvalue weighted by atomic mass is 35.5. The number of nitrogens with two attached hydrogens (primary N) is 3. The summed E-state index contributed by atoms with van der Waals surface area (Å²) in [5.41, 5.74) is 4.77. The largest absolute Gasteiger partial charge is 0.480 e. The molecule has 0 fully saturated rings. The van der Waals surface area contributed by atoms with E-state index in [1.54, 1.807) is 0 Å². The van der Waals surface area contributed by atoms with Gasteiger partial charge in [-0.05, 0) is 0 Å². The van der Waals surface area contributed by atoms with Crippen molar-refractivity contribution < 1.29 is 15.0 Å². The second-order valence-corrected chi connectivity index (χ2v) is 1.13. The summed E-state index contributed by atoms with van der Waals surface area (Å²) in [6, 6.07) is -1.13. The van der Waals surface area contributed by atoms with E-state index in [9.17, 15) is 4.79 Å². The highest BCUT2D eigenvalue weighted by molar-refractivity contribution is 5.85. The lowest BCUT2D eigenvalue weighted by molar-refractivity contribution is -0.139. The lowest BCUT2D eigenvalue weighted by Crippen LogP contribution is -2.33. The van der Waals surface area contributed by atoms with E-state index in [2.05, 4.69) is 11.7 Å². The average molecular weight is 174 g/mol. The van der Waals surface area contributed by atoms with Gasteiger partial charge in [0.2, 0.25) is 0 Å². The third-order valence-electron chi connectivity index (χ3n) is 0.514. The van der Waals surface area contributed by atoms with E-state index < -0.39 is 18.6 Å². The van der Waals surface area contributed by atoms with Crippen LogP contribution < -0.4 is 17.4 Å². The number of halogens is 1. The van der Waals surface area contributed by atoms with Crippen LogP contribution in [0.15, 0.2) is 0 Å². The van der Waals surface area contributed by atoms with Crippen LogP contribution in [0.3, 0.4) is 0 Å². The summed E-state index contributed by atoms with van der Waals surface area (Å²) in [7, 11) is 0. The molecule has 0 aliphatic rings. The third-order valence-corrected chi connectivity index (χ3v) is 0.514. The zero-order chi connectivity index (χ0) is 7.86. The van der Waals surface area contributed by atoms with E-state index in [-0.39, 0.29) is 12.4 Å². The number of hydrogen-bond donors (Lipinski definition) is 5. The van der Waals surface area contributed by atoms with Gasteiger partial charge in [0.15, 0.2) is 0 Å². The summed E-state index contributed by atoms with van der Waals surface area (Å²) in [6.07, 6.45) is 0. The molecule has 0 saturated heterocycles. The highest BCUT2D eigenvalue weighted by Gasteiger charge is 2.06. The Morgan fingerprint density at radius 1 is 1.50 bits per heavy atom. The van der Waals surface area contributed by atoms with Crippen LogP contribution in [0.5, 0.6) is 0 Å². The molecule has 8 N–H and O–H groups in total. The minimum Gasteiger partial charge on any atom is -0.480 e. The molecule has 0 aromatic rings. The number of carbonyl (C=O) groups is 1. The van der Waals surface area contributed by atoms with Crippen molar-refractivity contribution in [3.8, 4) is 0 Å². The Hall–Kier alpha value is -0.400. The summed E-state index contributed by atoms with van der Waals surface area (Å²) in [6.45, 7) is -0.505. The van der Waals surface area contributed by atoms with Crippen LogP contribution in [0.25, 0.3) is 0 Å². The number of hydrazine groups is 1. The molecule has 6 nitrogen and oxygen atoms in total. The summed E-state index contributed by atoms with van der Waals surface area (Å²) in [5.74, 6) is 6.82. The number of aliphatic hydroxyl groups excluding tert-OH is 1. The average Bonchev–Trinajstić information content (AvgIpc) is 1.91. The van der Waals surface area contributed by atoms with E-state index in [1.807, 2.05) is 0 Å².